The van der Waals surface area contributed by atoms with Gasteiger partial charge >= 0.3 is 5.69 Å². The van der Waals surface area contributed by atoms with Gasteiger partial charge in [-0.05, 0) is 17.7 Å². The van der Waals surface area contributed by atoms with Crippen molar-refractivity contribution in [1.29, 1.82) is 0 Å². The van der Waals surface area contributed by atoms with Crippen molar-refractivity contribution in [2.75, 3.05) is 12.4 Å². The summed E-state index contributed by atoms with van der Waals surface area (Å²) in [6.07, 6.45) is 4.41. The molecule has 0 atom stereocenters. The average Bonchev–Trinajstić information content (AvgIpc) is 2.41. The van der Waals surface area contributed by atoms with Crippen LogP contribution in [0.3, 0.4) is 0 Å². The molecule has 0 saturated heterocycles. The van der Waals surface area contributed by atoms with Gasteiger partial charge in [0.25, 0.3) is 5.43 Å². The highest BCUT2D eigenvalue weighted by atomic mass is 16.6. The highest BCUT2D eigenvalue weighted by Crippen LogP contribution is 2.09. The Morgan fingerprint density at radius 2 is 2.26 bits per heavy atom. The Morgan fingerprint density at radius 3 is 2.95 bits per heavy atom. The molecule has 0 spiro atoms. The lowest BCUT2D eigenvalue weighted by atomic mass is 10.2. The zero-order chi connectivity index (χ0) is 13.8. The largest absolute Gasteiger partial charge is 0.373 e. The fourth-order valence-corrected chi connectivity index (χ4v) is 1.67. The van der Waals surface area contributed by atoms with Crippen molar-refractivity contribution in [2.45, 2.75) is 6.54 Å². The Morgan fingerprint density at radius 1 is 1.47 bits per heavy atom. The maximum absolute atomic E-state index is 11.3. The summed E-state index contributed by atoms with van der Waals surface area (Å²) in [7, 11) is 1.76. The van der Waals surface area contributed by atoms with Gasteiger partial charge in [0.05, 0.1) is 11.1 Å². The molecule has 19 heavy (non-hydrogen) atoms. The van der Waals surface area contributed by atoms with Crippen molar-refractivity contribution in [3.8, 4) is 0 Å². The lowest BCUT2D eigenvalue weighted by Crippen LogP contribution is -2.11. The molecule has 7 nitrogen and oxygen atoms in total. The van der Waals surface area contributed by atoms with Crippen molar-refractivity contribution in [2.24, 2.45) is 0 Å². The van der Waals surface area contributed by atoms with Crippen LogP contribution in [0, 0.1) is 10.1 Å². The van der Waals surface area contributed by atoms with E-state index >= 15 is 0 Å². The van der Waals surface area contributed by atoms with Gasteiger partial charge in [0.1, 0.15) is 5.82 Å². The van der Waals surface area contributed by atoms with Gasteiger partial charge in [-0.3, -0.25) is 14.9 Å². The number of rotatable bonds is 4. The summed E-state index contributed by atoms with van der Waals surface area (Å²) in [6.45, 7) is 0.429. The average molecular weight is 260 g/mol. The van der Waals surface area contributed by atoms with Crippen LogP contribution < -0.4 is 10.7 Å². The molecule has 0 aliphatic rings. The second kappa shape index (κ2) is 5.30. The van der Waals surface area contributed by atoms with Crippen LogP contribution >= 0.6 is 0 Å². The first-order valence-corrected chi connectivity index (χ1v) is 5.57. The number of nitrogens with one attached hydrogen (secondary N) is 1. The molecule has 0 aromatic carbocycles. The molecule has 0 aliphatic carbocycles. The van der Waals surface area contributed by atoms with E-state index in [9.17, 15) is 14.9 Å². The zero-order valence-electron chi connectivity index (χ0n) is 10.2. The monoisotopic (exact) mass is 260 g/mol. The quantitative estimate of drug-likeness (QED) is 0.659. The highest BCUT2D eigenvalue weighted by molar-refractivity contribution is 5.37. The highest BCUT2D eigenvalue weighted by Gasteiger charge is 2.11. The van der Waals surface area contributed by atoms with Gasteiger partial charge in [0.15, 0.2) is 0 Å². The molecular formula is C12H12N4O3. The van der Waals surface area contributed by atoms with E-state index in [1.165, 1.54) is 18.5 Å². The van der Waals surface area contributed by atoms with Crippen LogP contribution in [0.4, 0.5) is 11.5 Å². The third-order valence-electron chi connectivity index (χ3n) is 2.60. The third-order valence-corrected chi connectivity index (χ3v) is 2.60. The Hall–Kier alpha value is -2.70. The fourth-order valence-electron chi connectivity index (χ4n) is 1.67. The summed E-state index contributed by atoms with van der Waals surface area (Å²) < 4.78 is 1.59. The zero-order valence-corrected chi connectivity index (χ0v) is 10.2. The van der Waals surface area contributed by atoms with Crippen LogP contribution in [-0.4, -0.2) is 21.5 Å². The van der Waals surface area contributed by atoms with Gasteiger partial charge in [-0.15, -0.1) is 0 Å². The van der Waals surface area contributed by atoms with E-state index in [4.69, 9.17) is 0 Å². The summed E-state index contributed by atoms with van der Waals surface area (Å²) in [5.74, 6) is 0.716. The summed E-state index contributed by atoms with van der Waals surface area (Å²) in [5, 5.41) is 13.6. The van der Waals surface area contributed by atoms with Gasteiger partial charge in [-0.25, -0.2) is 4.98 Å². The Balaban J connectivity index is 2.30. The second-order valence-corrected chi connectivity index (χ2v) is 3.92. The number of nitrogens with zero attached hydrogens (tertiary/aromatic N) is 3. The van der Waals surface area contributed by atoms with Crippen molar-refractivity contribution >= 4 is 11.5 Å². The minimum Gasteiger partial charge on any atom is -0.373 e. The van der Waals surface area contributed by atoms with Gasteiger partial charge in [-0.2, -0.15) is 0 Å². The van der Waals surface area contributed by atoms with Gasteiger partial charge < -0.3 is 9.88 Å². The summed E-state index contributed by atoms with van der Waals surface area (Å²) in [5.41, 5.74) is -0.0883. The van der Waals surface area contributed by atoms with E-state index < -0.39 is 16.0 Å². The molecule has 0 aliphatic heterocycles. The van der Waals surface area contributed by atoms with E-state index in [2.05, 4.69) is 10.3 Å². The molecule has 2 aromatic rings. The number of pyridine rings is 2. The first-order chi connectivity index (χ1) is 9.10. The van der Waals surface area contributed by atoms with E-state index in [-0.39, 0.29) is 0 Å². The molecular weight excluding hydrogens is 248 g/mol. The predicted octanol–water partition coefficient (Wildman–Crippen LogP) is 1.24. The standard InChI is InChI=1S/C12H12N4O3/c1-13-12-6-9(2-4-14-12)7-15-5-3-11(17)10(8-15)16(18)19/h2-6,8H,7H2,1H3,(H,13,14). The third kappa shape index (κ3) is 2.95. The number of hydrogen-bond acceptors (Lipinski definition) is 5. The summed E-state index contributed by atoms with van der Waals surface area (Å²) in [6, 6.07) is 4.84. The molecule has 2 aromatic heterocycles. The molecule has 0 saturated carbocycles. The molecule has 1 N–H and O–H groups in total. The van der Waals surface area contributed by atoms with E-state index in [1.807, 2.05) is 12.1 Å². The molecule has 0 amide bonds. The van der Waals surface area contributed by atoms with Crippen LogP contribution in [-0.2, 0) is 6.54 Å². The normalized spacial score (nSPS) is 10.2. The smallest absolute Gasteiger partial charge is 0.332 e. The van der Waals surface area contributed by atoms with Crippen molar-refractivity contribution in [1.82, 2.24) is 9.55 Å². The number of anilines is 1. The minimum atomic E-state index is -0.676. The molecule has 2 heterocycles. The van der Waals surface area contributed by atoms with Crippen molar-refractivity contribution < 1.29 is 4.92 Å². The van der Waals surface area contributed by atoms with Crippen LogP contribution in [0.15, 0.2) is 41.6 Å². The number of nitro groups is 1. The van der Waals surface area contributed by atoms with Crippen LogP contribution in [0.1, 0.15) is 5.56 Å². The second-order valence-electron chi connectivity index (χ2n) is 3.92. The van der Waals surface area contributed by atoms with Crippen molar-refractivity contribution in [3.63, 3.8) is 0 Å². The Labute approximate surface area is 108 Å². The first-order valence-electron chi connectivity index (χ1n) is 5.57. The van der Waals surface area contributed by atoms with Gasteiger partial charge in [0, 0.05) is 32.1 Å². The van der Waals surface area contributed by atoms with Crippen molar-refractivity contribution in [3.05, 3.63) is 62.7 Å². The fraction of sp³-hybridized carbons (Fsp3) is 0.167. The lowest BCUT2D eigenvalue weighted by Gasteiger charge is -2.07. The van der Waals surface area contributed by atoms with Gasteiger partial charge in [0.2, 0.25) is 0 Å². The number of aromatic nitrogens is 2. The van der Waals surface area contributed by atoms with Crippen LogP contribution in [0.2, 0.25) is 0 Å². The minimum absolute atomic E-state index is 0.426. The molecule has 98 valence electrons. The summed E-state index contributed by atoms with van der Waals surface area (Å²) >= 11 is 0. The Kier molecular flexibility index (Phi) is 3.56. The summed E-state index contributed by atoms with van der Waals surface area (Å²) in [4.78, 5) is 25.4. The van der Waals surface area contributed by atoms with Crippen LogP contribution in [0.25, 0.3) is 0 Å². The van der Waals surface area contributed by atoms with E-state index in [0.29, 0.717) is 12.4 Å². The van der Waals surface area contributed by atoms with Crippen LogP contribution in [0.5, 0.6) is 0 Å². The van der Waals surface area contributed by atoms with Gasteiger partial charge in [-0.1, -0.05) is 0 Å². The maximum atomic E-state index is 11.3. The van der Waals surface area contributed by atoms with E-state index in [0.717, 1.165) is 5.56 Å². The molecule has 0 bridgehead atoms. The Bertz CT molecular complexity index is 666. The molecule has 7 heteroatoms. The first kappa shape index (κ1) is 12.7. The maximum Gasteiger partial charge on any atom is 0.332 e. The molecule has 0 unspecified atom stereocenters. The lowest BCUT2D eigenvalue weighted by molar-refractivity contribution is -0.386. The number of hydrogen-bond donors (Lipinski definition) is 1. The predicted molar refractivity (Wildman–Crippen MR) is 70.2 cm³/mol. The molecule has 0 fully saturated rings. The van der Waals surface area contributed by atoms with E-state index in [1.54, 1.807) is 17.8 Å². The SMILES string of the molecule is CNc1cc(Cn2ccc(=O)c([N+](=O)[O-])c2)ccn1. The molecule has 0 radical (unpaired) electrons. The topological polar surface area (TPSA) is 90.1 Å². The molecule has 2 rings (SSSR count).